The molecule has 7 nitrogen and oxygen atoms in total. The fraction of sp³-hybridized carbons (Fsp3) is 0.353. The van der Waals surface area contributed by atoms with Crippen LogP contribution < -0.4 is 15.4 Å². The van der Waals surface area contributed by atoms with Crippen molar-refractivity contribution < 1.29 is 18.7 Å². The lowest BCUT2D eigenvalue weighted by molar-refractivity contribution is -0.121. The van der Waals surface area contributed by atoms with E-state index in [1.54, 1.807) is 13.4 Å². The zero-order chi connectivity index (χ0) is 17.4. The standard InChI is InChI=1S/C17H21N3O4/c1-12(21)18-10-8-16(22)19-9-7-14-11-24-17(20-14)13-3-5-15(23-2)6-4-13/h3-6,11H,7-10H2,1-2H3,(H,18,21)(H,19,22). The Labute approximate surface area is 140 Å². The van der Waals surface area contributed by atoms with E-state index >= 15 is 0 Å². The molecule has 2 aromatic rings. The summed E-state index contributed by atoms with van der Waals surface area (Å²) in [6.45, 7) is 2.23. The molecule has 0 fully saturated rings. The number of benzene rings is 1. The Balaban J connectivity index is 1.77. The van der Waals surface area contributed by atoms with E-state index in [4.69, 9.17) is 9.15 Å². The highest BCUT2D eigenvalue weighted by molar-refractivity contribution is 5.77. The number of rotatable bonds is 8. The maximum Gasteiger partial charge on any atom is 0.226 e. The highest BCUT2D eigenvalue weighted by Gasteiger charge is 2.08. The summed E-state index contributed by atoms with van der Waals surface area (Å²) in [7, 11) is 1.61. The topological polar surface area (TPSA) is 93.5 Å². The quantitative estimate of drug-likeness (QED) is 0.765. The molecule has 1 aromatic heterocycles. The third-order valence-corrected chi connectivity index (χ3v) is 3.32. The lowest BCUT2D eigenvalue weighted by Gasteiger charge is -2.04. The van der Waals surface area contributed by atoms with Gasteiger partial charge >= 0.3 is 0 Å². The molecule has 128 valence electrons. The number of amides is 2. The minimum Gasteiger partial charge on any atom is -0.497 e. The number of nitrogens with one attached hydrogen (secondary N) is 2. The number of methoxy groups -OCH3 is 1. The Kier molecular flexibility index (Phi) is 6.36. The number of carbonyl (C=O) groups is 2. The van der Waals surface area contributed by atoms with Gasteiger partial charge in [-0.2, -0.15) is 0 Å². The monoisotopic (exact) mass is 331 g/mol. The Morgan fingerprint density at radius 3 is 2.58 bits per heavy atom. The predicted octanol–water partition coefficient (Wildman–Crippen LogP) is 1.54. The lowest BCUT2D eigenvalue weighted by Crippen LogP contribution is -2.30. The molecular formula is C17H21N3O4. The Morgan fingerprint density at radius 2 is 1.92 bits per heavy atom. The molecule has 0 aliphatic carbocycles. The van der Waals surface area contributed by atoms with E-state index in [0.717, 1.165) is 17.0 Å². The van der Waals surface area contributed by atoms with Gasteiger partial charge in [0, 0.05) is 38.4 Å². The van der Waals surface area contributed by atoms with Gasteiger partial charge < -0.3 is 19.8 Å². The summed E-state index contributed by atoms with van der Waals surface area (Å²) in [5.41, 5.74) is 1.63. The van der Waals surface area contributed by atoms with Crippen LogP contribution in [0, 0.1) is 0 Å². The SMILES string of the molecule is COc1ccc(-c2nc(CCNC(=O)CCNC(C)=O)co2)cc1. The van der Waals surface area contributed by atoms with E-state index in [2.05, 4.69) is 15.6 Å². The highest BCUT2D eigenvalue weighted by atomic mass is 16.5. The summed E-state index contributed by atoms with van der Waals surface area (Å²) in [5.74, 6) is 1.05. The minimum atomic E-state index is -0.142. The molecule has 2 rings (SSSR count). The van der Waals surface area contributed by atoms with Crippen LogP contribution in [-0.2, 0) is 16.0 Å². The van der Waals surface area contributed by atoms with Crippen LogP contribution in [0.4, 0.5) is 0 Å². The van der Waals surface area contributed by atoms with Crippen molar-refractivity contribution in [3.8, 4) is 17.2 Å². The van der Waals surface area contributed by atoms with Gasteiger partial charge in [-0.05, 0) is 24.3 Å². The molecule has 0 aliphatic heterocycles. The summed E-state index contributed by atoms with van der Waals surface area (Å²) in [6, 6.07) is 7.43. The van der Waals surface area contributed by atoms with Crippen LogP contribution in [0.2, 0.25) is 0 Å². The molecule has 0 aliphatic rings. The summed E-state index contributed by atoms with van der Waals surface area (Å²) < 4.78 is 10.6. The molecule has 7 heteroatoms. The molecule has 0 saturated heterocycles. The van der Waals surface area contributed by atoms with Crippen LogP contribution in [0.1, 0.15) is 19.0 Å². The van der Waals surface area contributed by atoms with Crippen molar-refractivity contribution in [3.05, 3.63) is 36.2 Å². The van der Waals surface area contributed by atoms with Gasteiger partial charge in [-0.1, -0.05) is 0 Å². The van der Waals surface area contributed by atoms with Crippen LogP contribution in [-0.4, -0.2) is 37.0 Å². The number of ether oxygens (including phenoxy) is 1. The van der Waals surface area contributed by atoms with Crippen molar-refractivity contribution in [2.75, 3.05) is 20.2 Å². The second-order valence-electron chi connectivity index (χ2n) is 5.21. The largest absolute Gasteiger partial charge is 0.497 e. The van der Waals surface area contributed by atoms with E-state index in [9.17, 15) is 9.59 Å². The third-order valence-electron chi connectivity index (χ3n) is 3.32. The first-order chi connectivity index (χ1) is 11.6. The zero-order valence-corrected chi connectivity index (χ0v) is 13.8. The number of nitrogens with zero attached hydrogens (tertiary/aromatic N) is 1. The lowest BCUT2D eigenvalue weighted by atomic mass is 10.2. The average Bonchev–Trinajstić information content (AvgIpc) is 3.03. The molecule has 0 unspecified atom stereocenters. The first kappa shape index (κ1) is 17.5. The second kappa shape index (κ2) is 8.71. The molecule has 0 radical (unpaired) electrons. The summed E-state index contributed by atoms with van der Waals surface area (Å²) in [4.78, 5) is 26.7. The van der Waals surface area contributed by atoms with Gasteiger partial charge in [0.15, 0.2) is 0 Å². The van der Waals surface area contributed by atoms with Crippen LogP contribution in [0.5, 0.6) is 5.75 Å². The van der Waals surface area contributed by atoms with Crippen LogP contribution in [0.15, 0.2) is 34.9 Å². The van der Waals surface area contributed by atoms with Crippen LogP contribution >= 0.6 is 0 Å². The molecule has 0 saturated carbocycles. The zero-order valence-electron chi connectivity index (χ0n) is 13.8. The summed E-state index contributed by atoms with van der Waals surface area (Å²) >= 11 is 0. The van der Waals surface area contributed by atoms with E-state index in [0.29, 0.717) is 25.4 Å². The first-order valence-corrected chi connectivity index (χ1v) is 7.68. The highest BCUT2D eigenvalue weighted by Crippen LogP contribution is 2.21. The van der Waals surface area contributed by atoms with Crippen molar-refractivity contribution in [1.29, 1.82) is 0 Å². The van der Waals surface area contributed by atoms with E-state index in [-0.39, 0.29) is 18.2 Å². The first-order valence-electron chi connectivity index (χ1n) is 7.68. The van der Waals surface area contributed by atoms with Gasteiger partial charge in [-0.3, -0.25) is 9.59 Å². The van der Waals surface area contributed by atoms with Crippen molar-refractivity contribution in [2.45, 2.75) is 19.8 Å². The number of hydrogen-bond donors (Lipinski definition) is 2. The maximum absolute atomic E-state index is 11.6. The van der Waals surface area contributed by atoms with Gasteiger partial charge in [0.1, 0.15) is 12.0 Å². The van der Waals surface area contributed by atoms with E-state index in [1.807, 2.05) is 24.3 Å². The molecule has 2 amide bonds. The van der Waals surface area contributed by atoms with Crippen molar-refractivity contribution in [1.82, 2.24) is 15.6 Å². The van der Waals surface area contributed by atoms with Gasteiger partial charge in [0.2, 0.25) is 17.7 Å². The predicted molar refractivity (Wildman–Crippen MR) is 88.5 cm³/mol. The van der Waals surface area contributed by atoms with Gasteiger partial charge in [-0.15, -0.1) is 0 Å². The van der Waals surface area contributed by atoms with Crippen molar-refractivity contribution >= 4 is 11.8 Å². The van der Waals surface area contributed by atoms with Crippen LogP contribution in [0.25, 0.3) is 11.5 Å². The smallest absolute Gasteiger partial charge is 0.226 e. The molecule has 1 aromatic carbocycles. The summed E-state index contributed by atoms with van der Waals surface area (Å²) in [5, 5.41) is 5.36. The normalized spacial score (nSPS) is 10.2. The van der Waals surface area contributed by atoms with Crippen molar-refractivity contribution in [3.63, 3.8) is 0 Å². The number of carbonyl (C=O) groups excluding carboxylic acids is 2. The van der Waals surface area contributed by atoms with Gasteiger partial charge in [0.25, 0.3) is 0 Å². The maximum atomic E-state index is 11.6. The fourth-order valence-corrected chi connectivity index (χ4v) is 2.06. The summed E-state index contributed by atoms with van der Waals surface area (Å²) in [6.07, 6.45) is 2.42. The van der Waals surface area contributed by atoms with Crippen LogP contribution in [0.3, 0.4) is 0 Å². The minimum absolute atomic E-state index is 0.109. The molecule has 2 N–H and O–H groups in total. The molecule has 1 heterocycles. The Bertz CT molecular complexity index is 679. The van der Waals surface area contributed by atoms with Gasteiger partial charge in [-0.25, -0.2) is 4.98 Å². The average molecular weight is 331 g/mol. The Morgan fingerprint density at radius 1 is 1.17 bits per heavy atom. The molecule has 0 bridgehead atoms. The molecule has 0 spiro atoms. The number of hydrogen-bond acceptors (Lipinski definition) is 5. The van der Waals surface area contributed by atoms with E-state index in [1.165, 1.54) is 6.92 Å². The fourth-order valence-electron chi connectivity index (χ4n) is 2.06. The number of oxazole rings is 1. The number of aromatic nitrogens is 1. The van der Waals surface area contributed by atoms with E-state index < -0.39 is 0 Å². The Hall–Kier alpha value is -2.83. The molecule has 0 atom stereocenters. The third kappa shape index (κ3) is 5.42. The van der Waals surface area contributed by atoms with Gasteiger partial charge in [0.05, 0.1) is 12.8 Å². The molecular weight excluding hydrogens is 310 g/mol. The molecule has 24 heavy (non-hydrogen) atoms. The van der Waals surface area contributed by atoms with Crippen molar-refractivity contribution in [2.24, 2.45) is 0 Å². The second-order valence-corrected chi connectivity index (χ2v) is 5.21.